The van der Waals surface area contributed by atoms with E-state index in [4.69, 9.17) is 10.00 Å². The maximum absolute atomic E-state index is 14.1. The summed E-state index contributed by atoms with van der Waals surface area (Å²) in [6, 6.07) is 11.8. The summed E-state index contributed by atoms with van der Waals surface area (Å²) in [6.07, 6.45) is 0. The van der Waals surface area contributed by atoms with Crippen LogP contribution in [0.4, 0.5) is 15.9 Å². The van der Waals surface area contributed by atoms with E-state index in [2.05, 4.69) is 27.0 Å². The van der Waals surface area contributed by atoms with Gasteiger partial charge in [0.1, 0.15) is 17.2 Å². The topological polar surface area (TPSA) is 69.1 Å². The number of anilines is 2. The fourth-order valence-electron chi connectivity index (χ4n) is 3.06. The van der Waals surface area contributed by atoms with Gasteiger partial charge in [-0.25, -0.2) is 9.18 Å². The number of aromatic amines is 1. The van der Waals surface area contributed by atoms with Crippen LogP contribution in [0, 0.1) is 17.1 Å². The van der Waals surface area contributed by atoms with Gasteiger partial charge in [-0.3, -0.25) is 0 Å². The highest BCUT2D eigenvalue weighted by atomic mass is 79.9. The molecule has 0 unspecified atom stereocenters. The van der Waals surface area contributed by atoms with Crippen LogP contribution in [0.5, 0.6) is 0 Å². The maximum Gasteiger partial charge on any atom is 0.342 e. The van der Waals surface area contributed by atoms with Gasteiger partial charge in [0.2, 0.25) is 0 Å². The molecule has 0 aliphatic heterocycles. The summed E-state index contributed by atoms with van der Waals surface area (Å²) in [5.41, 5.74) is 2.03. The first kappa shape index (κ1) is 18.9. The molecule has 0 saturated heterocycles. The van der Waals surface area contributed by atoms with E-state index in [9.17, 15) is 9.18 Å². The number of ether oxygens (including phenoxy) is 1. The molecule has 27 heavy (non-hydrogen) atoms. The Morgan fingerprint density at radius 2 is 2.04 bits per heavy atom. The minimum atomic E-state index is -0.510. The number of hydrogen-bond donors (Lipinski definition) is 1. The van der Waals surface area contributed by atoms with Crippen molar-refractivity contribution in [2.45, 2.75) is 19.9 Å². The Kier molecular flexibility index (Phi) is 5.19. The van der Waals surface area contributed by atoms with E-state index in [1.54, 1.807) is 30.3 Å². The van der Waals surface area contributed by atoms with E-state index in [1.165, 1.54) is 13.2 Å². The van der Waals surface area contributed by atoms with Crippen molar-refractivity contribution in [3.63, 3.8) is 0 Å². The first-order valence-electron chi connectivity index (χ1n) is 8.25. The number of nitriles is 1. The van der Waals surface area contributed by atoms with Crippen LogP contribution in [0.2, 0.25) is 0 Å². The molecule has 5 nitrogen and oxygen atoms in total. The Morgan fingerprint density at radius 1 is 1.30 bits per heavy atom. The van der Waals surface area contributed by atoms with E-state index < -0.39 is 11.8 Å². The minimum absolute atomic E-state index is 0.0857. The Labute approximate surface area is 164 Å². The smallest absolute Gasteiger partial charge is 0.342 e. The Morgan fingerprint density at radius 3 is 2.63 bits per heavy atom. The van der Waals surface area contributed by atoms with Crippen molar-refractivity contribution in [3.8, 4) is 6.07 Å². The van der Waals surface area contributed by atoms with Crippen molar-refractivity contribution in [1.82, 2.24) is 4.98 Å². The third kappa shape index (κ3) is 3.40. The highest BCUT2D eigenvalue weighted by Gasteiger charge is 2.26. The first-order chi connectivity index (χ1) is 12.9. The normalized spacial score (nSPS) is 10.9. The molecule has 3 rings (SSSR count). The second-order valence-corrected chi connectivity index (χ2v) is 7.13. The number of benzene rings is 2. The summed E-state index contributed by atoms with van der Waals surface area (Å²) in [4.78, 5) is 17.6. The summed E-state index contributed by atoms with van der Waals surface area (Å²) >= 11 is 3.16. The average Bonchev–Trinajstić information content (AvgIpc) is 3.01. The third-order valence-corrected chi connectivity index (χ3v) is 4.88. The fourth-order valence-corrected chi connectivity index (χ4v) is 3.31. The minimum Gasteiger partial charge on any atom is -0.465 e. The van der Waals surface area contributed by atoms with E-state index in [0.29, 0.717) is 38.0 Å². The molecule has 2 aromatic carbocycles. The Balaban J connectivity index is 2.29. The Bertz CT molecular complexity index is 1070. The van der Waals surface area contributed by atoms with Crippen molar-refractivity contribution in [2.24, 2.45) is 0 Å². The zero-order valence-corrected chi connectivity index (χ0v) is 16.6. The molecule has 0 spiro atoms. The van der Waals surface area contributed by atoms with Crippen LogP contribution in [0.1, 0.15) is 29.8 Å². The number of H-pyrrole nitrogens is 1. The van der Waals surface area contributed by atoms with Gasteiger partial charge in [0, 0.05) is 22.6 Å². The van der Waals surface area contributed by atoms with Crippen LogP contribution in [0.15, 0.2) is 40.9 Å². The average molecular weight is 430 g/mol. The molecule has 0 aliphatic rings. The van der Waals surface area contributed by atoms with Gasteiger partial charge in [-0.2, -0.15) is 5.26 Å². The predicted molar refractivity (Wildman–Crippen MR) is 106 cm³/mol. The summed E-state index contributed by atoms with van der Waals surface area (Å²) in [5.74, 6) is -0.423. The molecule has 0 radical (unpaired) electrons. The number of methoxy groups -OCH3 is 1. The third-order valence-electron chi connectivity index (χ3n) is 4.24. The van der Waals surface area contributed by atoms with Crippen LogP contribution in [0.25, 0.3) is 10.9 Å². The lowest BCUT2D eigenvalue weighted by molar-refractivity contribution is 0.0604. The molecule has 0 fully saturated rings. The molecule has 0 saturated carbocycles. The molecule has 0 bridgehead atoms. The molecule has 3 aromatic rings. The van der Waals surface area contributed by atoms with E-state index in [1.807, 2.05) is 18.7 Å². The highest BCUT2D eigenvalue weighted by Crippen LogP contribution is 2.36. The number of carbonyl (C=O) groups is 1. The lowest BCUT2D eigenvalue weighted by Crippen LogP contribution is -2.27. The number of nitrogens with one attached hydrogen (secondary N) is 1. The van der Waals surface area contributed by atoms with Crippen LogP contribution in [-0.4, -0.2) is 24.1 Å². The number of nitrogens with zero attached hydrogens (tertiary/aromatic N) is 2. The quantitative estimate of drug-likeness (QED) is 0.573. The number of hydrogen-bond acceptors (Lipinski definition) is 4. The van der Waals surface area contributed by atoms with Crippen LogP contribution < -0.4 is 4.90 Å². The predicted octanol–water partition coefficient (Wildman–Crippen LogP) is 5.27. The SMILES string of the molecule is COC(=O)c1c(N(c2ccc(Br)c(F)c2)C(C)C)[nH]c2cc(C#N)ccc12. The van der Waals surface area contributed by atoms with Gasteiger partial charge in [0.25, 0.3) is 0 Å². The first-order valence-corrected chi connectivity index (χ1v) is 9.05. The number of rotatable bonds is 4. The van der Waals surface area contributed by atoms with Gasteiger partial charge in [0.05, 0.1) is 23.2 Å². The van der Waals surface area contributed by atoms with E-state index in [0.717, 1.165) is 0 Å². The molecule has 1 heterocycles. The van der Waals surface area contributed by atoms with Crippen molar-refractivity contribution < 1.29 is 13.9 Å². The number of halogens is 2. The molecule has 0 atom stereocenters. The van der Waals surface area contributed by atoms with Crippen LogP contribution >= 0.6 is 15.9 Å². The number of fused-ring (bicyclic) bond motifs is 1. The van der Waals surface area contributed by atoms with Crippen molar-refractivity contribution in [2.75, 3.05) is 12.0 Å². The zero-order chi connectivity index (χ0) is 19.7. The second kappa shape index (κ2) is 7.41. The summed E-state index contributed by atoms with van der Waals surface area (Å²) < 4.78 is 19.5. The summed E-state index contributed by atoms with van der Waals surface area (Å²) in [5, 5.41) is 9.79. The second-order valence-electron chi connectivity index (χ2n) is 6.27. The molecule has 1 N–H and O–H groups in total. The van der Waals surface area contributed by atoms with Crippen molar-refractivity contribution in [3.05, 3.63) is 57.8 Å². The lowest BCUT2D eigenvalue weighted by Gasteiger charge is -2.28. The van der Waals surface area contributed by atoms with Crippen LogP contribution in [-0.2, 0) is 4.74 Å². The standard InChI is InChI=1S/C20H17BrFN3O2/c1-11(2)25(13-5-7-15(21)16(22)9-13)19-18(20(26)27-3)14-6-4-12(10-23)8-17(14)24-19/h4-9,11,24H,1-3H3. The molecule has 0 amide bonds. The van der Waals surface area contributed by atoms with Gasteiger partial charge >= 0.3 is 5.97 Å². The Hall–Kier alpha value is -2.85. The van der Waals surface area contributed by atoms with Gasteiger partial charge in [-0.1, -0.05) is 6.07 Å². The highest BCUT2D eigenvalue weighted by molar-refractivity contribution is 9.10. The van der Waals surface area contributed by atoms with Gasteiger partial charge in [-0.05, 0) is 60.1 Å². The van der Waals surface area contributed by atoms with E-state index >= 15 is 0 Å². The fraction of sp³-hybridized carbons (Fsp3) is 0.200. The lowest BCUT2D eigenvalue weighted by atomic mass is 10.1. The molecule has 7 heteroatoms. The van der Waals surface area contributed by atoms with Crippen molar-refractivity contribution in [1.29, 1.82) is 5.26 Å². The summed E-state index contributed by atoms with van der Waals surface area (Å²) in [7, 11) is 1.31. The largest absolute Gasteiger partial charge is 0.465 e. The molecular weight excluding hydrogens is 413 g/mol. The van der Waals surface area contributed by atoms with Gasteiger partial charge in [-0.15, -0.1) is 0 Å². The summed E-state index contributed by atoms with van der Waals surface area (Å²) in [6.45, 7) is 3.88. The van der Waals surface area contributed by atoms with Crippen LogP contribution in [0.3, 0.4) is 0 Å². The van der Waals surface area contributed by atoms with E-state index in [-0.39, 0.29) is 6.04 Å². The molecular formula is C20H17BrFN3O2. The molecule has 1 aromatic heterocycles. The van der Waals surface area contributed by atoms with Gasteiger partial charge < -0.3 is 14.6 Å². The zero-order valence-electron chi connectivity index (χ0n) is 15.0. The number of aromatic nitrogens is 1. The number of carbonyl (C=O) groups excluding carboxylic acids is 1. The molecule has 0 aliphatic carbocycles. The van der Waals surface area contributed by atoms with Crippen molar-refractivity contribution >= 4 is 44.3 Å². The maximum atomic E-state index is 14.1. The van der Waals surface area contributed by atoms with Gasteiger partial charge in [0.15, 0.2) is 0 Å². The monoisotopic (exact) mass is 429 g/mol. The number of esters is 1. The molecule has 138 valence electrons.